The molecule has 0 aromatic heterocycles. The molecule has 0 heterocycles. The van der Waals surface area contributed by atoms with E-state index in [9.17, 15) is 0 Å². The summed E-state index contributed by atoms with van der Waals surface area (Å²) in [5.41, 5.74) is 14.2. The van der Waals surface area contributed by atoms with Crippen molar-refractivity contribution < 1.29 is 4.48 Å². The first-order chi connectivity index (χ1) is 24.1. The van der Waals surface area contributed by atoms with Crippen LogP contribution in [0.3, 0.4) is 0 Å². The molecule has 0 aliphatic carbocycles. The first-order valence-electron chi connectivity index (χ1n) is 16.6. The number of hydrogen-bond acceptors (Lipinski definition) is 3. The number of halogens is 1. The summed E-state index contributed by atoms with van der Waals surface area (Å²) < 4.78 is 16.2. The van der Waals surface area contributed by atoms with Crippen LogP contribution in [0.15, 0.2) is 182 Å². The van der Waals surface area contributed by atoms with Crippen LogP contribution in [-0.2, 0) is 19.5 Å². The maximum absolute atomic E-state index is 16.2. The fourth-order valence-corrected chi connectivity index (χ4v) is 6.33. The monoisotopic (exact) mass is 639 g/mol. The Kier molecular flexibility index (Phi) is 9.58. The van der Waals surface area contributed by atoms with Crippen molar-refractivity contribution in [2.45, 2.75) is 19.5 Å². The lowest BCUT2D eigenvalue weighted by atomic mass is 9.95. The molecule has 2 N–H and O–H groups in total. The van der Waals surface area contributed by atoms with E-state index < -0.39 is 0 Å². The van der Waals surface area contributed by atoms with E-state index in [1.165, 1.54) is 27.1 Å². The number of hydrogen-bond donors (Lipinski definition) is 1. The van der Waals surface area contributed by atoms with Crippen LogP contribution in [0.2, 0.25) is 0 Å². The van der Waals surface area contributed by atoms with Gasteiger partial charge in [-0.25, -0.2) is 0 Å². The molecule has 0 atom stereocenters. The highest BCUT2D eigenvalue weighted by Crippen LogP contribution is 2.30. The van der Waals surface area contributed by atoms with Crippen molar-refractivity contribution in [2.24, 2.45) is 5.73 Å². The molecule has 0 radical (unpaired) electrons. The standard InChI is InChI=1S/C45H38FN3/c46-49(33-35-26-28-37(29-27-35)36-16-5-2-6-17-36)48(32-34-14-3-1-4-15-34)41-21-13-20-40(31-41)45(47)25-12-8-19-39-30-38-18-7-9-22-42(38)44-24-11-10-23-43(39)44/h1-18,20-31H,19,32-33,47H2/b12-8-,45-25-. The van der Waals surface area contributed by atoms with E-state index in [0.717, 1.165) is 39.5 Å². The zero-order chi connectivity index (χ0) is 33.4. The van der Waals surface area contributed by atoms with Crippen LogP contribution in [0.4, 0.5) is 10.2 Å². The number of rotatable bonds is 11. The summed E-state index contributed by atoms with van der Waals surface area (Å²) in [6.45, 7) is 0.468. The molecule has 0 saturated heterocycles. The van der Waals surface area contributed by atoms with Gasteiger partial charge in [-0.3, -0.25) is 5.01 Å². The van der Waals surface area contributed by atoms with E-state index >= 15 is 4.48 Å². The van der Waals surface area contributed by atoms with Gasteiger partial charge in [0, 0.05) is 5.70 Å². The molecule has 0 fully saturated rings. The van der Waals surface area contributed by atoms with Crippen LogP contribution in [-0.4, -0.2) is 5.23 Å². The Morgan fingerprint density at radius 2 is 1.20 bits per heavy atom. The van der Waals surface area contributed by atoms with E-state index in [-0.39, 0.29) is 6.54 Å². The molecule has 49 heavy (non-hydrogen) atoms. The summed E-state index contributed by atoms with van der Waals surface area (Å²) in [5.74, 6) is 0. The fraction of sp³-hybridized carbons (Fsp3) is 0.0667. The van der Waals surface area contributed by atoms with Crippen molar-refractivity contribution >= 4 is 32.9 Å². The van der Waals surface area contributed by atoms with Gasteiger partial charge in [0.1, 0.15) is 0 Å². The number of nitrogens with two attached hydrogens (primary N) is 1. The molecule has 0 spiro atoms. The predicted octanol–water partition coefficient (Wildman–Crippen LogP) is 11.1. The van der Waals surface area contributed by atoms with Gasteiger partial charge in [0.05, 0.1) is 18.8 Å². The number of allylic oxidation sites excluding steroid dienone is 3. The predicted molar refractivity (Wildman–Crippen MR) is 204 cm³/mol. The van der Waals surface area contributed by atoms with Gasteiger partial charge in [-0.2, -0.15) is 0 Å². The summed E-state index contributed by atoms with van der Waals surface area (Å²) >= 11 is 0. The van der Waals surface area contributed by atoms with Crippen LogP contribution in [0.1, 0.15) is 22.3 Å². The SMILES string of the molecule is N/C(=C\C=C/Cc1cc2ccccc2c2ccccc12)c1cccc(N(Cc2ccccc2)N(F)Cc2ccc(-c3ccccc3)cc2)c1. The number of anilines is 1. The van der Waals surface area contributed by atoms with Gasteiger partial charge in [-0.1, -0.05) is 169 Å². The minimum Gasteiger partial charge on any atom is -0.398 e. The molecule has 4 heteroatoms. The molecular formula is C45H38FN3. The third-order valence-corrected chi connectivity index (χ3v) is 8.89. The van der Waals surface area contributed by atoms with Gasteiger partial charge >= 0.3 is 0 Å². The third kappa shape index (κ3) is 7.46. The van der Waals surface area contributed by atoms with E-state index in [1.807, 2.05) is 109 Å². The van der Waals surface area contributed by atoms with Gasteiger partial charge in [0.15, 0.2) is 0 Å². The number of benzene rings is 7. The first kappa shape index (κ1) is 31.6. The summed E-state index contributed by atoms with van der Waals surface area (Å²) in [4.78, 5) is 0. The molecular weight excluding hydrogens is 602 g/mol. The Bertz CT molecular complexity index is 2220. The lowest BCUT2D eigenvalue weighted by molar-refractivity contribution is -0.00165. The smallest absolute Gasteiger partial charge is 0.0756 e. The van der Waals surface area contributed by atoms with E-state index in [4.69, 9.17) is 5.73 Å². The van der Waals surface area contributed by atoms with Crippen molar-refractivity contribution in [3.63, 3.8) is 0 Å². The Hall–Kier alpha value is -5.97. The number of nitrogens with zero attached hydrogens (tertiary/aromatic N) is 2. The van der Waals surface area contributed by atoms with Crippen molar-refractivity contribution in [1.82, 2.24) is 5.23 Å². The Labute approximate surface area is 287 Å². The van der Waals surface area contributed by atoms with Crippen LogP contribution >= 0.6 is 0 Å². The number of hydrazine groups is 1. The molecule has 0 saturated carbocycles. The minimum absolute atomic E-state index is 0.101. The van der Waals surface area contributed by atoms with E-state index in [2.05, 4.69) is 72.8 Å². The van der Waals surface area contributed by atoms with Crippen molar-refractivity contribution in [2.75, 3.05) is 5.01 Å². The minimum atomic E-state index is 0.101. The van der Waals surface area contributed by atoms with Gasteiger partial charge in [0.2, 0.25) is 0 Å². The Morgan fingerprint density at radius 3 is 1.98 bits per heavy atom. The van der Waals surface area contributed by atoms with Crippen molar-refractivity contribution in [1.29, 1.82) is 0 Å². The maximum Gasteiger partial charge on any atom is 0.0756 e. The van der Waals surface area contributed by atoms with Gasteiger partial charge in [-0.15, -0.1) is 4.48 Å². The molecule has 7 aromatic rings. The highest BCUT2D eigenvalue weighted by Gasteiger charge is 2.18. The zero-order valence-electron chi connectivity index (χ0n) is 27.3. The maximum atomic E-state index is 16.2. The molecule has 240 valence electrons. The second-order valence-corrected chi connectivity index (χ2v) is 12.2. The van der Waals surface area contributed by atoms with E-state index in [1.54, 1.807) is 5.01 Å². The molecule has 0 unspecified atom stereocenters. The highest BCUT2D eigenvalue weighted by molar-refractivity contribution is 6.09. The van der Waals surface area contributed by atoms with Crippen LogP contribution in [0.5, 0.6) is 0 Å². The first-order valence-corrected chi connectivity index (χ1v) is 16.6. The summed E-state index contributed by atoms with van der Waals surface area (Å²) in [5, 5.41) is 7.49. The van der Waals surface area contributed by atoms with E-state index in [0.29, 0.717) is 17.9 Å². The largest absolute Gasteiger partial charge is 0.398 e. The molecule has 0 bridgehead atoms. The normalized spacial score (nSPS) is 11.9. The number of fused-ring (bicyclic) bond motifs is 3. The van der Waals surface area contributed by atoms with Gasteiger partial charge in [0.25, 0.3) is 0 Å². The van der Waals surface area contributed by atoms with Crippen LogP contribution in [0.25, 0.3) is 38.4 Å². The fourth-order valence-electron chi connectivity index (χ4n) is 6.33. The average molecular weight is 640 g/mol. The van der Waals surface area contributed by atoms with Crippen LogP contribution < -0.4 is 10.7 Å². The Balaban J connectivity index is 1.10. The van der Waals surface area contributed by atoms with Crippen molar-refractivity contribution in [3.05, 3.63) is 204 Å². The zero-order valence-corrected chi connectivity index (χ0v) is 27.3. The summed E-state index contributed by atoms with van der Waals surface area (Å²) in [6.07, 6.45) is 6.85. The van der Waals surface area contributed by atoms with Gasteiger partial charge in [-0.05, 0) is 79.6 Å². The second kappa shape index (κ2) is 14.8. The summed E-state index contributed by atoms with van der Waals surface area (Å²) in [6, 6.07) is 55.3. The molecule has 0 aliphatic rings. The van der Waals surface area contributed by atoms with Crippen molar-refractivity contribution in [3.8, 4) is 11.1 Å². The highest BCUT2D eigenvalue weighted by atomic mass is 19.2. The molecule has 7 aromatic carbocycles. The summed E-state index contributed by atoms with van der Waals surface area (Å²) in [7, 11) is 0. The Morgan fingerprint density at radius 1 is 0.571 bits per heavy atom. The lowest BCUT2D eigenvalue weighted by Crippen LogP contribution is -2.36. The quantitative estimate of drug-likeness (QED) is 0.0662. The van der Waals surface area contributed by atoms with Crippen LogP contribution in [0, 0.1) is 0 Å². The lowest BCUT2D eigenvalue weighted by Gasteiger charge is -2.30. The molecule has 0 aliphatic heterocycles. The third-order valence-electron chi connectivity index (χ3n) is 8.89. The average Bonchev–Trinajstić information content (AvgIpc) is 3.16. The molecule has 3 nitrogen and oxygen atoms in total. The molecule has 0 amide bonds. The van der Waals surface area contributed by atoms with Gasteiger partial charge < -0.3 is 5.73 Å². The molecule has 7 rings (SSSR count). The second-order valence-electron chi connectivity index (χ2n) is 12.2. The topological polar surface area (TPSA) is 32.5 Å².